The molecular formula is C13H24N2O2. The van der Waals surface area contributed by atoms with Gasteiger partial charge in [0.05, 0.1) is 5.54 Å². The lowest BCUT2D eigenvalue weighted by molar-refractivity contribution is 0.0819. The van der Waals surface area contributed by atoms with E-state index in [0.29, 0.717) is 6.61 Å². The van der Waals surface area contributed by atoms with Crippen LogP contribution in [0.1, 0.15) is 51.4 Å². The molecule has 1 aliphatic carbocycles. The topological polar surface area (TPSA) is 55.6 Å². The molecule has 17 heavy (non-hydrogen) atoms. The highest BCUT2D eigenvalue weighted by Gasteiger charge is 2.31. The summed E-state index contributed by atoms with van der Waals surface area (Å²) in [7, 11) is 0. The Labute approximate surface area is 103 Å². The first-order valence-corrected chi connectivity index (χ1v) is 6.90. The van der Waals surface area contributed by atoms with E-state index in [-0.39, 0.29) is 11.6 Å². The molecule has 0 aromatic heterocycles. The molecule has 98 valence electrons. The Balaban J connectivity index is 1.75. The van der Waals surface area contributed by atoms with Crippen LogP contribution >= 0.6 is 0 Å². The SMILES string of the molecule is NC1(COC(=O)N2CCCCCC2)CCCC1. The molecule has 1 saturated heterocycles. The van der Waals surface area contributed by atoms with Crippen LogP contribution < -0.4 is 5.73 Å². The summed E-state index contributed by atoms with van der Waals surface area (Å²) in [4.78, 5) is 13.7. The summed E-state index contributed by atoms with van der Waals surface area (Å²) in [5.41, 5.74) is 5.92. The van der Waals surface area contributed by atoms with Crippen molar-refractivity contribution in [2.24, 2.45) is 5.73 Å². The van der Waals surface area contributed by atoms with Crippen LogP contribution in [0.25, 0.3) is 0 Å². The number of rotatable bonds is 2. The fourth-order valence-electron chi connectivity index (χ4n) is 2.77. The second kappa shape index (κ2) is 5.71. The molecule has 0 aromatic rings. The standard InChI is InChI=1S/C13H24N2O2/c14-13(7-3-4-8-13)11-17-12(16)15-9-5-1-2-6-10-15/h1-11,14H2. The minimum Gasteiger partial charge on any atom is -0.447 e. The Morgan fingerprint density at radius 1 is 1.06 bits per heavy atom. The highest BCUT2D eigenvalue weighted by Crippen LogP contribution is 2.27. The van der Waals surface area contributed by atoms with Crippen molar-refractivity contribution in [3.8, 4) is 0 Å². The van der Waals surface area contributed by atoms with Crippen LogP contribution in [0.5, 0.6) is 0 Å². The minimum atomic E-state index is -0.249. The summed E-state index contributed by atoms with van der Waals surface area (Å²) in [6.45, 7) is 2.08. The number of hydrogen-bond donors (Lipinski definition) is 1. The van der Waals surface area contributed by atoms with E-state index in [9.17, 15) is 4.79 Å². The van der Waals surface area contributed by atoms with Gasteiger partial charge < -0.3 is 15.4 Å². The number of amides is 1. The molecule has 0 bridgehead atoms. The van der Waals surface area contributed by atoms with E-state index in [1.54, 1.807) is 0 Å². The van der Waals surface area contributed by atoms with Crippen molar-refractivity contribution in [3.05, 3.63) is 0 Å². The van der Waals surface area contributed by atoms with Crippen molar-refractivity contribution in [1.82, 2.24) is 4.90 Å². The van der Waals surface area contributed by atoms with Gasteiger partial charge in [-0.1, -0.05) is 25.7 Å². The van der Waals surface area contributed by atoms with Gasteiger partial charge >= 0.3 is 6.09 Å². The molecule has 1 saturated carbocycles. The molecule has 1 amide bonds. The van der Waals surface area contributed by atoms with Crippen LogP contribution in [0.15, 0.2) is 0 Å². The van der Waals surface area contributed by atoms with Crippen LogP contribution in [0.4, 0.5) is 4.79 Å². The lowest BCUT2D eigenvalue weighted by Gasteiger charge is -2.26. The largest absolute Gasteiger partial charge is 0.447 e. The Morgan fingerprint density at radius 2 is 1.65 bits per heavy atom. The maximum absolute atomic E-state index is 11.9. The first-order valence-electron chi connectivity index (χ1n) is 6.90. The highest BCUT2D eigenvalue weighted by atomic mass is 16.6. The fourth-order valence-corrected chi connectivity index (χ4v) is 2.77. The number of hydrogen-bond acceptors (Lipinski definition) is 3. The Morgan fingerprint density at radius 3 is 2.24 bits per heavy atom. The van der Waals surface area contributed by atoms with Crippen molar-refractivity contribution >= 4 is 6.09 Å². The zero-order valence-electron chi connectivity index (χ0n) is 10.6. The van der Waals surface area contributed by atoms with Crippen LogP contribution in [0.2, 0.25) is 0 Å². The van der Waals surface area contributed by atoms with E-state index < -0.39 is 0 Å². The Hall–Kier alpha value is -0.770. The summed E-state index contributed by atoms with van der Waals surface area (Å²) in [6, 6.07) is 0. The molecule has 2 aliphatic rings. The third kappa shape index (κ3) is 3.60. The first kappa shape index (κ1) is 12.7. The molecule has 4 nitrogen and oxygen atoms in total. The van der Waals surface area contributed by atoms with Crippen LogP contribution in [0, 0.1) is 0 Å². The number of nitrogens with zero attached hydrogens (tertiary/aromatic N) is 1. The zero-order chi connectivity index (χ0) is 12.1. The maximum Gasteiger partial charge on any atom is 0.409 e. The molecule has 1 aliphatic heterocycles. The van der Waals surface area contributed by atoms with Crippen molar-refractivity contribution in [2.45, 2.75) is 56.9 Å². The van der Waals surface area contributed by atoms with Gasteiger partial charge in [0.2, 0.25) is 0 Å². The molecule has 0 radical (unpaired) electrons. The van der Waals surface area contributed by atoms with Gasteiger partial charge in [0, 0.05) is 13.1 Å². The smallest absolute Gasteiger partial charge is 0.409 e. The van der Waals surface area contributed by atoms with Gasteiger partial charge in [0.1, 0.15) is 6.61 Å². The molecule has 0 atom stereocenters. The van der Waals surface area contributed by atoms with Crippen molar-refractivity contribution < 1.29 is 9.53 Å². The predicted octanol–water partition coefficient (Wildman–Crippen LogP) is 2.27. The molecule has 0 unspecified atom stereocenters. The maximum atomic E-state index is 11.9. The van der Waals surface area contributed by atoms with Gasteiger partial charge in [-0.15, -0.1) is 0 Å². The number of carbonyl (C=O) groups is 1. The third-order valence-electron chi connectivity index (χ3n) is 3.95. The fraction of sp³-hybridized carbons (Fsp3) is 0.923. The predicted molar refractivity (Wildman–Crippen MR) is 66.8 cm³/mol. The lowest BCUT2D eigenvalue weighted by Crippen LogP contribution is -2.44. The quantitative estimate of drug-likeness (QED) is 0.805. The molecule has 1 heterocycles. The summed E-state index contributed by atoms with van der Waals surface area (Å²) < 4.78 is 5.39. The normalized spacial score (nSPS) is 24.4. The molecule has 2 fully saturated rings. The number of ether oxygens (including phenoxy) is 1. The average molecular weight is 240 g/mol. The molecule has 4 heteroatoms. The van der Waals surface area contributed by atoms with Crippen molar-refractivity contribution in [1.29, 1.82) is 0 Å². The zero-order valence-corrected chi connectivity index (χ0v) is 10.6. The average Bonchev–Trinajstić information content (AvgIpc) is 2.60. The first-order chi connectivity index (χ1) is 8.20. The molecule has 0 spiro atoms. The summed E-state index contributed by atoms with van der Waals surface area (Å²) in [5.74, 6) is 0. The van der Waals surface area contributed by atoms with E-state index >= 15 is 0 Å². The van der Waals surface area contributed by atoms with Gasteiger partial charge in [-0.05, 0) is 25.7 Å². The molecular weight excluding hydrogens is 216 g/mol. The minimum absolute atomic E-state index is 0.163. The Kier molecular flexibility index (Phi) is 4.26. The summed E-state index contributed by atoms with van der Waals surface area (Å²) >= 11 is 0. The Bertz CT molecular complexity index is 254. The van der Waals surface area contributed by atoms with Gasteiger partial charge in [-0.25, -0.2) is 4.79 Å². The lowest BCUT2D eigenvalue weighted by atomic mass is 10.0. The van der Waals surface area contributed by atoms with Crippen molar-refractivity contribution in [3.63, 3.8) is 0 Å². The summed E-state index contributed by atoms with van der Waals surface area (Å²) in [5, 5.41) is 0. The van der Waals surface area contributed by atoms with E-state index in [4.69, 9.17) is 10.5 Å². The van der Waals surface area contributed by atoms with Gasteiger partial charge in [0.15, 0.2) is 0 Å². The molecule has 0 aromatic carbocycles. The molecule has 2 N–H and O–H groups in total. The summed E-state index contributed by atoms with van der Waals surface area (Å²) in [6.07, 6.45) is 8.79. The molecule has 2 rings (SSSR count). The second-order valence-electron chi connectivity index (χ2n) is 5.53. The number of carbonyl (C=O) groups excluding carboxylic acids is 1. The van der Waals surface area contributed by atoms with E-state index in [2.05, 4.69) is 0 Å². The highest BCUT2D eigenvalue weighted by molar-refractivity contribution is 5.67. The van der Waals surface area contributed by atoms with Gasteiger partial charge in [-0.2, -0.15) is 0 Å². The number of nitrogens with two attached hydrogens (primary N) is 1. The van der Waals surface area contributed by atoms with Crippen LogP contribution in [0.3, 0.4) is 0 Å². The van der Waals surface area contributed by atoms with Crippen LogP contribution in [-0.4, -0.2) is 36.2 Å². The monoisotopic (exact) mass is 240 g/mol. The van der Waals surface area contributed by atoms with Crippen molar-refractivity contribution in [2.75, 3.05) is 19.7 Å². The van der Waals surface area contributed by atoms with Gasteiger partial charge in [0.25, 0.3) is 0 Å². The second-order valence-corrected chi connectivity index (χ2v) is 5.53. The van der Waals surface area contributed by atoms with Crippen LogP contribution in [-0.2, 0) is 4.74 Å². The van der Waals surface area contributed by atoms with E-state index in [0.717, 1.165) is 51.6 Å². The number of likely N-dealkylation sites (tertiary alicyclic amines) is 1. The van der Waals surface area contributed by atoms with Gasteiger partial charge in [-0.3, -0.25) is 0 Å². The third-order valence-corrected chi connectivity index (χ3v) is 3.95. The van der Waals surface area contributed by atoms with E-state index in [1.165, 1.54) is 12.8 Å². The van der Waals surface area contributed by atoms with E-state index in [1.807, 2.05) is 4.90 Å².